The van der Waals surface area contributed by atoms with Crippen molar-refractivity contribution in [3.05, 3.63) is 108 Å². The number of fused-ring (bicyclic) bond motifs is 6. The molecule has 0 N–H and O–H groups in total. The second kappa shape index (κ2) is 10.9. The minimum Gasteiger partial charge on any atom is -0.208 e. The zero-order valence-corrected chi connectivity index (χ0v) is 27.3. The summed E-state index contributed by atoms with van der Waals surface area (Å²) in [5.74, 6) is 1.12. The molecule has 0 aliphatic carbocycles. The summed E-state index contributed by atoms with van der Waals surface area (Å²) in [5, 5.41) is 9.40. The molecular weight excluding hydrogens is 576 g/mol. The molecule has 1 heterocycles. The van der Waals surface area contributed by atoms with Crippen molar-refractivity contribution in [2.24, 2.45) is 0 Å². The van der Waals surface area contributed by atoms with Crippen LogP contribution in [0.3, 0.4) is 0 Å². The molecule has 46 heavy (non-hydrogen) atoms. The first-order valence-electron chi connectivity index (χ1n) is 15.6. The van der Waals surface area contributed by atoms with Crippen LogP contribution in [0.15, 0.2) is 103 Å². The van der Waals surface area contributed by atoms with E-state index in [1.165, 1.54) is 54.6 Å². The van der Waals surface area contributed by atoms with Crippen LogP contribution in [-0.4, -0.2) is 54.2 Å². The number of benzene rings is 7. The molecule has 7 aromatic carbocycles. The Kier molecular flexibility index (Phi) is 6.81. The minimum absolute atomic E-state index is 0.174. The van der Waals surface area contributed by atoms with Gasteiger partial charge in [0, 0.05) is 16.5 Å². The lowest BCUT2D eigenvalue weighted by Gasteiger charge is -2.20. The highest BCUT2D eigenvalue weighted by molar-refractivity contribution is 6.68. The van der Waals surface area contributed by atoms with Crippen LogP contribution in [0, 0.1) is 0 Å². The van der Waals surface area contributed by atoms with E-state index in [9.17, 15) is 0 Å². The Morgan fingerprint density at radius 1 is 0.435 bits per heavy atom. The molecule has 1 aromatic heterocycles. The molecule has 0 unspecified atom stereocenters. The molecule has 0 amide bonds. The monoisotopic (exact) mass is 603 g/mol. The first-order chi connectivity index (χ1) is 22.3. The molecule has 0 saturated carbocycles. The van der Waals surface area contributed by atoms with Crippen LogP contribution in [0.5, 0.6) is 0 Å². The van der Waals surface area contributed by atoms with Crippen LogP contribution in [0.2, 0.25) is 5.28 Å². The molecule has 0 radical (unpaired) electrons. The number of hydrogen-bond donors (Lipinski definition) is 0. The number of aromatic nitrogens is 3. The lowest BCUT2D eigenvalue weighted by molar-refractivity contribution is 1.07. The van der Waals surface area contributed by atoms with Crippen molar-refractivity contribution >= 4 is 121 Å². The maximum absolute atomic E-state index is 6.65. The molecule has 0 fully saturated rings. The van der Waals surface area contributed by atoms with Gasteiger partial charge in [-0.25, -0.2) is 4.98 Å². The van der Waals surface area contributed by atoms with Crippen LogP contribution in [-0.2, 0) is 0 Å². The second-order valence-corrected chi connectivity index (χ2v) is 12.7. The van der Waals surface area contributed by atoms with Gasteiger partial charge in [-0.1, -0.05) is 95.9 Å². The summed E-state index contributed by atoms with van der Waals surface area (Å²) < 4.78 is 0. The van der Waals surface area contributed by atoms with Crippen molar-refractivity contribution in [1.29, 1.82) is 0 Å². The van der Waals surface area contributed by atoms with Gasteiger partial charge >= 0.3 is 0 Å². The van der Waals surface area contributed by atoms with Gasteiger partial charge in [-0.15, -0.1) is 16.4 Å². The minimum atomic E-state index is 0.174. The summed E-state index contributed by atoms with van der Waals surface area (Å²) in [6, 6.07) is 36.6. The van der Waals surface area contributed by atoms with Gasteiger partial charge in [0.1, 0.15) is 39.2 Å². The summed E-state index contributed by atoms with van der Waals surface area (Å²) in [6.07, 6.45) is 0. The highest BCUT2D eigenvalue weighted by atomic mass is 35.5. The molecular formula is C37H27B5ClN3. The largest absolute Gasteiger partial charge is 0.226 e. The Morgan fingerprint density at radius 2 is 1.00 bits per heavy atom. The Morgan fingerprint density at radius 3 is 1.74 bits per heavy atom. The van der Waals surface area contributed by atoms with Crippen molar-refractivity contribution in [2.45, 2.75) is 0 Å². The quantitative estimate of drug-likeness (QED) is 0.227. The third-order valence-corrected chi connectivity index (χ3v) is 10.2. The van der Waals surface area contributed by atoms with Gasteiger partial charge in [-0.05, 0) is 78.6 Å². The second-order valence-electron chi connectivity index (χ2n) is 12.4. The zero-order chi connectivity index (χ0) is 31.7. The molecule has 9 heteroatoms. The summed E-state index contributed by atoms with van der Waals surface area (Å²) in [5.41, 5.74) is 11.2. The van der Waals surface area contributed by atoms with Gasteiger partial charge in [0.05, 0.1) is 0 Å². The average Bonchev–Trinajstić information content (AvgIpc) is 3.08. The Bertz CT molecular complexity index is 2540. The number of nitrogens with zero attached hydrogens (tertiary/aromatic N) is 3. The summed E-state index contributed by atoms with van der Waals surface area (Å²) >= 11 is 6.65. The van der Waals surface area contributed by atoms with Gasteiger partial charge in [0.25, 0.3) is 0 Å². The molecule has 8 aromatic rings. The zero-order valence-electron chi connectivity index (χ0n) is 26.5. The number of hydrogen-bond acceptors (Lipinski definition) is 3. The van der Waals surface area contributed by atoms with Crippen molar-refractivity contribution in [2.75, 3.05) is 0 Å². The molecule has 0 aliphatic rings. The molecule has 8 rings (SSSR count). The fraction of sp³-hybridized carbons (Fsp3) is 0. The van der Waals surface area contributed by atoms with E-state index >= 15 is 0 Å². The molecule has 3 nitrogen and oxygen atoms in total. The predicted molar refractivity (Wildman–Crippen MR) is 212 cm³/mol. The van der Waals surface area contributed by atoms with E-state index in [2.05, 4.69) is 152 Å². The lowest BCUT2D eigenvalue weighted by Crippen LogP contribution is -2.55. The third kappa shape index (κ3) is 4.55. The van der Waals surface area contributed by atoms with E-state index in [1.54, 1.807) is 0 Å². The van der Waals surface area contributed by atoms with Crippen LogP contribution < -0.4 is 27.3 Å². The van der Waals surface area contributed by atoms with E-state index in [-0.39, 0.29) is 5.28 Å². The maximum Gasteiger partial charge on any atom is 0.226 e. The van der Waals surface area contributed by atoms with Gasteiger partial charge < -0.3 is 0 Å². The van der Waals surface area contributed by atoms with Crippen molar-refractivity contribution in [3.8, 4) is 33.9 Å². The van der Waals surface area contributed by atoms with Crippen LogP contribution in [0.1, 0.15) is 0 Å². The van der Waals surface area contributed by atoms with E-state index < -0.39 is 0 Å². The van der Waals surface area contributed by atoms with Crippen LogP contribution in [0.4, 0.5) is 0 Å². The van der Waals surface area contributed by atoms with Gasteiger partial charge in [0.15, 0.2) is 11.6 Å². The Balaban J connectivity index is 1.28. The van der Waals surface area contributed by atoms with Crippen molar-refractivity contribution in [1.82, 2.24) is 15.0 Å². The average molecular weight is 603 g/mol. The van der Waals surface area contributed by atoms with E-state index in [0.29, 0.717) is 11.6 Å². The summed E-state index contributed by atoms with van der Waals surface area (Å²) in [4.78, 5) is 14.3. The molecule has 0 saturated heterocycles. The van der Waals surface area contributed by atoms with Gasteiger partial charge in [-0.3, -0.25) is 0 Å². The molecule has 212 valence electrons. The molecule has 0 atom stereocenters. The highest BCUT2D eigenvalue weighted by Gasteiger charge is 2.17. The first-order valence-corrected chi connectivity index (χ1v) is 16.0. The topological polar surface area (TPSA) is 38.7 Å². The fourth-order valence-corrected chi connectivity index (χ4v) is 7.29. The van der Waals surface area contributed by atoms with E-state index in [4.69, 9.17) is 16.6 Å². The lowest BCUT2D eigenvalue weighted by atomic mass is 9.59. The number of rotatable bonds is 3. The predicted octanol–water partition coefficient (Wildman–Crippen LogP) is 1.43. The van der Waals surface area contributed by atoms with Crippen LogP contribution in [0.25, 0.3) is 77.0 Å². The highest BCUT2D eigenvalue weighted by Crippen LogP contribution is 2.39. The summed E-state index contributed by atoms with van der Waals surface area (Å²) in [7, 11) is 11.2. The maximum atomic E-state index is 6.65. The van der Waals surface area contributed by atoms with E-state index in [0.717, 1.165) is 38.1 Å². The standard InChI is InChI=1S/C37H27B5ClN3/c38-30-28(31(39)33(41)34(42)32(30)40)22-11-9-20-16-23(12-10-19(20)15-22)35-44-36(46-37(43)45-35)27-17-21-6-2-3-7-24(21)26-14-13-18-5-1-4-8-25(18)29(26)27/h1-17H,38-42H2. The Labute approximate surface area is 277 Å². The Hall–Kier alpha value is -4.80. The molecule has 0 spiro atoms. The summed E-state index contributed by atoms with van der Waals surface area (Å²) in [6.45, 7) is 0. The first kappa shape index (κ1) is 28.7. The SMILES string of the molecule is Bc1c(B)c(B)c(-c2ccc3cc(-c4nc(Cl)nc(-c5cc6ccccc6c6ccc7ccccc7c56)n4)ccc3c2)c(B)c1B. The smallest absolute Gasteiger partial charge is 0.208 e. The van der Waals surface area contributed by atoms with E-state index in [1.807, 2.05) is 0 Å². The third-order valence-electron chi connectivity index (χ3n) is 9.99. The normalized spacial score (nSPS) is 11.6. The number of halogens is 1. The molecule has 0 aliphatic heterocycles. The fourth-order valence-electron chi connectivity index (χ4n) is 7.13. The van der Waals surface area contributed by atoms with Gasteiger partial charge in [0.2, 0.25) is 5.28 Å². The van der Waals surface area contributed by atoms with Crippen molar-refractivity contribution in [3.63, 3.8) is 0 Å². The van der Waals surface area contributed by atoms with Gasteiger partial charge in [-0.2, -0.15) is 9.97 Å². The van der Waals surface area contributed by atoms with Crippen LogP contribution >= 0.6 is 11.6 Å². The van der Waals surface area contributed by atoms with Crippen molar-refractivity contribution < 1.29 is 0 Å². The molecule has 0 bridgehead atoms.